The fraction of sp³-hybridized carbons (Fsp3) is 0. The first-order chi connectivity index (χ1) is 22.6. The highest BCUT2D eigenvalue weighted by Crippen LogP contribution is 2.48. The fourth-order valence-electron chi connectivity index (χ4n) is 6.09. The summed E-state index contributed by atoms with van der Waals surface area (Å²) >= 11 is 0. The molecule has 0 atom stereocenters. The molecule has 4 aromatic carbocycles. The van der Waals surface area contributed by atoms with Crippen molar-refractivity contribution in [2.45, 2.75) is 0 Å². The Balaban J connectivity index is 1.45. The summed E-state index contributed by atoms with van der Waals surface area (Å²) in [6.07, 6.45) is 4.80. The number of para-hydroxylation sites is 2. The average molecular weight is 606 g/mol. The molecule has 9 heteroatoms. The molecule has 222 valence electrons. The predicted molar refractivity (Wildman–Crippen MR) is 174 cm³/mol. The van der Waals surface area contributed by atoms with Crippen molar-refractivity contribution in [3.63, 3.8) is 0 Å². The number of halogens is 2. The molecule has 6 nitrogen and oxygen atoms in total. The van der Waals surface area contributed by atoms with Crippen molar-refractivity contribution in [3.8, 4) is 34.5 Å². The maximum absolute atomic E-state index is 17.2. The molecule has 0 fully saturated rings. The molecule has 0 spiro atoms. The average Bonchev–Trinajstić information content (AvgIpc) is 3.75. The molecule has 0 unspecified atom stereocenters. The molecule has 0 N–H and O–H groups in total. The number of allylic oxidation sites excluding steroid dienone is 2. The van der Waals surface area contributed by atoms with Gasteiger partial charge in [-0.25, -0.2) is 9.97 Å². The SMILES string of the molecule is F[B-]1(F)n2c(ccc2-c2ccccc2)C(c2c(Oc3ccccc3)ncnc2Oc2ccccc2)=C2C=CC(c3ccccc3)=[N+]21. The third-order valence-corrected chi connectivity index (χ3v) is 8.05. The first-order valence-corrected chi connectivity index (χ1v) is 14.8. The zero-order valence-electron chi connectivity index (χ0n) is 24.4. The number of hydrogen-bond acceptors (Lipinski definition) is 4. The maximum Gasteiger partial charge on any atom is 0.737 e. The molecule has 2 aliphatic heterocycles. The lowest BCUT2D eigenvalue weighted by Crippen LogP contribution is -2.51. The van der Waals surface area contributed by atoms with Gasteiger partial charge in [-0.05, 0) is 54.1 Å². The van der Waals surface area contributed by atoms with E-state index in [9.17, 15) is 0 Å². The number of nitrogens with zero attached hydrogens (tertiary/aromatic N) is 4. The van der Waals surface area contributed by atoms with Crippen LogP contribution in [0.1, 0.15) is 16.8 Å². The summed E-state index contributed by atoms with van der Waals surface area (Å²) in [5.74, 6) is 1.39. The van der Waals surface area contributed by atoms with Crippen LogP contribution in [0.15, 0.2) is 158 Å². The first kappa shape index (κ1) is 27.5. The van der Waals surface area contributed by atoms with Gasteiger partial charge in [0.05, 0.1) is 5.57 Å². The normalized spacial score (nSPS) is 14.7. The number of aromatic nitrogens is 3. The lowest BCUT2D eigenvalue weighted by Gasteiger charge is -2.34. The zero-order valence-corrected chi connectivity index (χ0v) is 24.4. The van der Waals surface area contributed by atoms with Gasteiger partial charge in [-0.3, -0.25) is 0 Å². The Hall–Kier alpha value is -6.09. The van der Waals surface area contributed by atoms with Crippen LogP contribution >= 0.6 is 0 Å². The molecule has 8 rings (SSSR count). The summed E-state index contributed by atoms with van der Waals surface area (Å²) in [4.78, 5) is 9.06. The van der Waals surface area contributed by atoms with Crippen LogP contribution in [0.25, 0.3) is 16.8 Å². The Kier molecular flexibility index (Phi) is 6.64. The van der Waals surface area contributed by atoms with E-state index in [2.05, 4.69) is 9.97 Å². The van der Waals surface area contributed by atoms with Gasteiger partial charge in [0.15, 0.2) is 11.4 Å². The molecule has 46 heavy (non-hydrogen) atoms. The second-order valence-corrected chi connectivity index (χ2v) is 10.8. The van der Waals surface area contributed by atoms with Crippen molar-refractivity contribution in [2.24, 2.45) is 0 Å². The highest BCUT2D eigenvalue weighted by atomic mass is 19.2. The fourth-order valence-corrected chi connectivity index (χ4v) is 6.09. The van der Waals surface area contributed by atoms with E-state index in [-0.39, 0.29) is 11.8 Å². The first-order valence-electron chi connectivity index (χ1n) is 14.8. The van der Waals surface area contributed by atoms with Crippen LogP contribution in [0.5, 0.6) is 23.3 Å². The summed E-state index contributed by atoms with van der Waals surface area (Å²) in [5, 5.41) is 0. The van der Waals surface area contributed by atoms with Crippen LogP contribution in [0.2, 0.25) is 0 Å². The van der Waals surface area contributed by atoms with E-state index in [1.54, 1.807) is 48.6 Å². The monoisotopic (exact) mass is 606 g/mol. The van der Waals surface area contributed by atoms with Crippen LogP contribution in [-0.4, -0.2) is 31.6 Å². The smallest absolute Gasteiger partial charge is 0.438 e. The zero-order chi connectivity index (χ0) is 31.1. The minimum Gasteiger partial charge on any atom is -0.438 e. The van der Waals surface area contributed by atoms with Gasteiger partial charge in [-0.2, -0.15) is 0 Å². The number of fused-ring (bicyclic) bond motifs is 2. The second kappa shape index (κ2) is 11.1. The summed E-state index contributed by atoms with van der Waals surface area (Å²) in [5.41, 5.74) is 3.47. The van der Waals surface area contributed by atoms with Crippen molar-refractivity contribution in [3.05, 3.63) is 174 Å². The predicted octanol–water partition coefficient (Wildman–Crippen LogP) is 8.60. The molecule has 0 amide bonds. The highest BCUT2D eigenvalue weighted by molar-refractivity contribution is 6.59. The number of benzene rings is 4. The van der Waals surface area contributed by atoms with Crippen molar-refractivity contribution in [1.82, 2.24) is 14.4 Å². The highest BCUT2D eigenvalue weighted by Gasteiger charge is 2.55. The molecular formula is C37H25BF2N4O2. The van der Waals surface area contributed by atoms with Crippen LogP contribution in [-0.2, 0) is 0 Å². The Morgan fingerprint density at radius 1 is 0.565 bits per heavy atom. The third-order valence-electron chi connectivity index (χ3n) is 8.05. The van der Waals surface area contributed by atoms with E-state index in [0.717, 1.165) is 8.96 Å². The lowest BCUT2D eigenvalue weighted by atomic mass is 9.85. The van der Waals surface area contributed by atoms with E-state index in [1.807, 2.05) is 97.1 Å². The van der Waals surface area contributed by atoms with Crippen LogP contribution < -0.4 is 9.47 Å². The summed E-state index contributed by atoms with van der Waals surface area (Å²) in [7, 11) is 0. The third kappa shape index (κ3) is 4.61. The molecule has 0 radical (unpaired) electrons. The maximum atomic E-state index is 17.2. The van der Waals surface area contributed by atoms with Crippen LogP contribution in [0, 0.1) is 0 Å². The topological polar surface area (TPSA) is 52.2 Å². The van der Waals surface area contributed by atoms with E-state index < -0.39 is 6.97 Å². The molecule has 2 aliphatic rings. The summed E-state index contributed by atoms with van der Waals surface area (Å²) in [6, 6.07) is 40.2. The van der Waals surface area contributed by atoms with Crippen LogP contribution in [0.3, 0.4) is 0 Å². The standard InChI is InChI=1S/C37H25BF2N4O2/c39-38(40)43-30(26-13-5-1-6-14-26)21-23-32(43)34(33-24-22-31(44(33)38)27-15-7-2-8-16-27)35-36(45-28-17-9-3-10-18-28)41-25-42-37(35)46-29-19-11-4-12-20-29/h1-25H. The van der Waals surface area contributed by atoms with E-state index >= 15 is 8.63 Å². The van der Waals surface area contributed by atoms with Crippen molar-refractivity contribution in [2.75, 3.05) is 0 Å². The summed E-state index contributed by atoms with van der Waals surface area (Å²) in [6.45, 7) is -4.37. The van der Waals surface area contributed by atoms with Crippen molar-refractivity contribution >= 4 is 18.3 Å². The Morgan fingerprint density at radius 3 is 1.63 bits per heavy atom. The van der Waals surface area contributed by atoms with Gasteiger partial charge in [-0.15, -0.1) is 0 Å². The van der Waals surface area contributed by atoms with Gasteiger partial charge in [0.1, 0.15) is 23.4 Å². The van der Waals surface area contributed by atoms with E-state index in [4.69, 9.17) is 9.47 Å². The van der Waals surface area contributed by atoms with Gasteiger partial charge < -0.3 is 27.1 Å². The van der Waals surface area contributed by atoms with Gasteiger partial charge in [0.25, 0.3) is 0 Å². The largest absolute Gasteiger partial charge is 0.737 e. The molecule has 0 bridgehead atoms. The molecule has 6 aromatic rings. The van der Waals surface area contributed by atoms with Gasteiger partial charge in [0.2, 0.25) is 11.8 Å². The van der Waals surface area contributed by atoms with Gasteiger partial charge in [0, 0.05) is 29.1 Å². The molecule has 0 aliphatic carbocycles. The van der Waals surface area contributed by atoms with Gasteiger partial charge >= 0.3 is 6.97 Å². The Labute approximate surface area is 263 Å². The molecule has 0 saturated heterocycles. The second-order valence-electron chi connectivity index (χ2n) is 10.8. The minimum atomic E-state index is -4.37. The van der Waals surface area contributed by atoms with Crippen molar-refractivity contribution in [1.29, 1.82) is 0 Å². The van der Waals surface area contributed by atoms with E-state index in [1.165, 1.54) is 6.33 Å². The van der Waals surface area contributed by atoms with E-state index in [0.29, 0.717) is 56.6 Å². The number of rotatable bonds is 7. The minimum absolute atomic E-state index is 0.169. The molecule has 0 saturated carbocycles. The molecular weight excluding hydrogens is 581 g/mol. The number of ether oxygens (including phenoxy) is 2. The Morgan fingerprint density at radius 2 is 1.07 bits per heavy atom. The van der Waals surface area contributed by atoms with Gasteiger partial charge in [-0.1, -0.05) is 84.9 Å². The lowest BCUT2D eigenvalue weighted by molar-refractivity contribution is -0.360. The molecule has 2 aromatic heterocycles. The number of hydrogen-bond donors (Lipinski definition) is 0. The quantitative estimate of drug-likeness (QED) is 0.171. The van der Waals surface area contributed by atoms with Crippen molar-refractivity contribution < 1.29 is 22.6 Å². The summed E-state index contributed by atoms with van der Waals surface area (Å²) < 4.78 is 49.4. The Bertz CT molecular complexity index is 2110. The van der Waals surface area contributed by atoms with Crippen LogP contribution in [0.4, 0.5) is 8.63 Å². The molecule has 4 heterocycles.